The van der Waals surface area contributed by atoms with Crippen LogP contribution in [0, 0.1) is 0 Å². The number of hydrogen-bond acceptors (Lipinski definition) is 5. The number of anilines is 1. The van der Waals surface area contributed by atoms with Crippen LogP contribution in [0.2, 0.25) is 15.1 Å². The lowest BCUT2D eigenvalue weighted by atomic mass is 10.2. The number of ether oxygens (including phenoxy) is 1. The predicted molar refractivity (Wildman–Crippen MR) is 113 cm³/mol. The average Bonchev–Trinajstić information content (AvgIpc) is 3.18. The van der Waals surface area contributed by atoms with Crippen LogP contribution >= 0.6 is 34.8 Å². The Hall–Kier alpha value is -2.35. The monoisotopic (exact) mass is 454 g/mol. The lowest BCUT2D eigenvalue weighted by molar-refractivity contribution is -0.138. The number of hydrazone groups is 1. The molecule has 0 saturated heterocycles. The molecule has 0 N–H and O–H groups in total. The van der Waals surface area contributed by atoms with E-state index in [-0.39, 0.29) is 28.2 Å². The van der Waals surface area contributed by atoms with Crippen molar-refractivity contribution in [2.45, 2.75) is 26.3 Å². The second kappa shape index (κ2) is 8.57. The van der Waals surface area contributed by atoms with E-state index in [2.05, 4.69) is 16.8 Å². The lowest BCUT2D eigenvalue weighted by Crippen LogP contribution is -2.30. The van der Waals surface area contributed by atoms with Crippen molar-refractivity contribution in [2.24, 2.45) is 5.10 Å². The molecule has 152 valence electrons. The number of esters is 1. The van der Waals surface area contributed by atoms with Gasteiger partial charge in [0.1, 0.15) is 5.69 Å². The van der Waals surface area contributed by atoms with Crippen LogP contribution in [0.15, 0.2) is 41.8 Å². The maximum atomic E-state index is 13.0. The Morgan fingerprint density at radius 3 is 2.55 bits per heavy atom. The molecule has 1 aromatic heterocycles. The summed E-state index contributed by atoms with van der Waals surface area (Å²) < 4.78 is 6.59. The highest BCUT2D eigenvalue weighted by molar-refractivity contribution is 6.42. The maximum Gasteiger partial charge on any atom is 0.333 e. The van der Waals surface area contributed by atoms with Gasteiger partial charge in [-0.2, -0.15) is 15.2 Å². The summed E-state index contributed by atoms with van der Waals surface area (Å²) in [7, 11) is 0. The number of rotatable bonds is 6. The fourth-order valence-corrected chi connectivity index (χ4v) is 3.77. The van der Waals surface area contributed by atoms with E-state index in [1.807, 2.05) is 0 Å². The van der Waals surface area contributed by atoms with Crippen LogP contribution in [0.1, 0.15) is 25.5 Å². The summed E-state index contributed by atoms with van der Waals surface area (Å²) in [5, 5.41) is 10.5. The molecule has 1 amide bonds. The molecule has 7 nitrogen and oxygen atoms in total. The van der Waals surface area contributed by atoms with E-state index in [9.17, 15) is 9.59 Å². The highest BCUT2D eigenvalue weighted by atomic mass is 35.5. The van der Waals surface area contributed by atoms with Crippen molar-refractivity contribution in [2.75, 3.05) is 11.6 Å². The van der Waals surface area contributed by atoms with Gasteiger partial charge in [0.2, 0.25) is 0 Å². The fourth-order valence-electron chi connectivity index (χ4n) is 2.79. The minimum absolute atomic E-state index is 0.186. The molecular weight excluding hydrogens is 439 g/mol. The Labute approximate surface area is 182 Å². The van der Waals surface area contributed by atoms with Crippen LogP contribution in [0.25, 0.3) is 0 Å². The van der Waals surface area contributed by atoms with Crippen LogP contribution in [0.3, 0.4) is 0 Å². The SMILES string of the molecule is C=C(C)C(=O)OCCc1cnn(C2C(=O)N(c3c(Cl)cc(Cl)cc3Cl)N=C2C)c1. The Balaban J connectivity index is 1.76. The summed E-state index contributed by atoms with van der Waals surface area (Å²) in [6, 6.07) is 2.26. The van der Waals surface area contributed by atoms with Crippen molar-refractivity contribution in [3.8, 4) is 0 Å². The van der Waals surface area contributed by atoms with E-state index in [4.69, 9.17) is 39.5 Å². The van der Waals surface area contributed by atoms with Crippen molar-refractivity contribution >= 4 is 58.1 Å². The van der Waals surface area contributed by atoms with Gasteiger partial charge in [-0.25, -0.2) is 4.79 Å². The molecule has 0 fully saturated rings. The van der Waals surface area contributed by atoms with E-state index in [1.165, 1.54) is 16.8 Å². The Morgan fingerprint density at radius 1 is 1.28 bits per heavy atom. The molecule has 0 saturated carbocycles. The molecule has 0 spiro atoms. The second-order valence-electron chi connectivity index (χ2n) is 6.51. The predicted octanol–water partition coefficient (Wildman–Crippen LogP) is 4.47. The number of hydrogen-bond donors (Lipinski definition) is 0. The number of benzene rings is 1. The topological polar surface area (TPSA) is 76.8 Å². The largest absolute Gasteiger partial charge is 0.462 e. The normalized spacial score (nSPS) is 16.2. The smallest absolute Gasteiger partial charge is 0.333 e. The van der Waals surface area contributed by atoms with E-state index >= 15 is 0 Å². The van der Waals surface area contributed by atoms with Crippen molar-refractivity contribution in [3.05, 3.63) is 57.3 Å². The van der Waals surface area contributed by atoms with Gasteiger partial charge in [-0.3, -0.25) is 9.48 Å². The van der Waals surface area contributed by atoms with Gasteiger partial charge in [-0.1, -0.05) is 41.4 Å². The molecular formula is C19H17Cl3N4O3. The third-order valence-corrected chi connectivity index (χ3v) is 4.98. The van der Waals surface area contributed by atoms with Crippen LogP contribution < -0.4 is 5.01 Å². The Kier molecular flexibility index (Phi) is 6.31. The lowest BCUT2D eigenvalue weighted by Gasteiger charge is -2.17. The average molecular weight is 456 g/mol. The molecule has 0 radical (unpaired) electrons. The van der Waals surface area contributed by atoms with Crippen LogP contribution in [-0.4, -0.2) is 34.0 Å². The van der Waals surface area contributed by atoms with Gasteiger partial charge in [0.15, 0.2) is 6.04 Å². The molecule has 0 aliphatic carbocycles. The summed E-state index contributed by atoms with van der Waals surface area (Å²) in [5.41, 5.74) is 1.94. The number of aromatic nitrogens is 2. The molecule has 1 aromatic carbocycles. The highest BCUT2D eigenvalue weighted by Gasteiger charge is 2.38. The first-order valence-electron chi connectivity index (χ1n) is 8.58. The number of carbonyl (C=O) groups excluding carboxylic acids is 2. The Morgan fingerprint density at radius 2 is 1.93 bits per heavy atom. The molecule has 1 aliphatic rings. The van der Waals surface area contributed by atoms with Crippen molar-refractivity contribution in [3.63, 3.8) is 0 Å². The quantitative estimate of drug-likeness (QED) is 0.476. The molecule has 0 bridgehead atoms. The maximum absolute atomic E-state index is 13.0. The fraction of sp³-hybridized carbons (Fsp3) is 0.263. The minimum Gasteiger partial charge on any atom is -0.462 e. The molecule has 3 rings (SSSR count). The van der Waals surface area contributed by atoms with Crippen LogP contribution in [0.4, 0.5) is 5.69 Å². The first-order chi connectivity index (χ1) is 13.7. The summed E-state index contributed by atoms with van der Waals surface area (Å²) in [6.45, 7) is 7.02. The number of carbonyl (C=O) groups is 2. The molecule has 1 atom stereocenters. The molecule has 10 heteroatoms. The van der Waals surface area contributed by atoms with Crippen LogP contribution in [0.5, 0.6) is 0 Å². The van der Waals surface area contributed by atoms with E-state index in [0.717, 1.165) is 10.6 Å². The standard InChI is InChI=1S/C19H17Cl3N4O3/c1-10(2)19(28)29-5-4-12-8-23-25(9-12)16-11(3)24-26(18(16)27)17-14(21)6-13(20)7-15(17)22/h6-9,16H,1,4-5H2,2-3H3. The summed E-state index contributed by atoms with van der Waals surface area (Å²) in [6.07, 6.45) is 3.78. The van der Waals surface area contributed by atoms with Crippen molar-refractivity contribution in [1.82, 2.24) is 9.78 Å². The first kappa shape index (κ1) is 21.4. The van der Waals surface area contributed by atoms with Crippen molar-refractivity contribution < 1.29 is 14.3 Å². The number of nitrogens with zero attached hydrogens (tertiary/aromatic N) is 4. The highest BCUT2D eigenvalue weighted by Crippen LogP contribution is 2.39. The van der Waals surface area contributed by atoms with Gasteiger partial charge in [-0.05, 0) is 31.5 Å². The molecule has 2 aromatic rings. The van der Waals surface area contributed by atoms with Gasteiger partial charge in [0.25, 0.3) is 5.91 Å². The van der Waals surface area contributed by atoms with E-state index in [1.54, 1.807) is 26.2 Å². The van der Waals surface area contributed by atoms with Gasteiger partial charge in [0, 0.05) is 23.2 Å². The zero-order chi connectivity index (χ0) is 21.3. The first-order valence-corrected chi connectivity index (χ1v) is 9.71. The van der Waals surface area contributed by atoms with Crippen molar-refractivity contribution in [1.29, 1.82) is 0 Å². The number of amides is 1. The van der Waals surface area contributed by atoms with Gasteiger partial charge >= 0.3 is 5.97 Å². The summed E-state index contributed by atoms with van der Waals surface area (Å²) in [5.74, 6) is -0.796. The molecule has 1 unspecified atom stereocenters. The minimum atomic E-state index is -0.732. The van der Waals surface area contributed by atoms with Gasteiger partial charge in [-0.15, -0.1) is 0 Å². The Bertz CT molecular complexity index is 1010. The van der Waals surface area contributed by atoms with Crippen LogP contribution in [-0.2, 0) is 20.7 Å². The molecule has 2 heterocycles. The zero-order valence-corrected chi connectivity index (χ0v) is 17.9. The van der Waals surface area contributed by atoms with Gasteiger partial charge in [0.05, 0.1) is 28.6 Å². The summed E-state index contributed by atoms with van der Waals surface area (Å²) >= 11 is 18.4. The number of halogens is 3. The van der Waals surface area contributed by atoms with Gasteiger partial charge < -0.3 is 4.74 Å². The van der Waals surface area contributed by atoms with E-state index in [0.29, 0.717) is 22.7 Å². The third-order valence-electron chi connectivity index (χ3n) is 4.18. The third kappa shape index (κ3) is 4.47. The second-order valence-corrected chi connectivity index (χ2v) is 7.76. The molecule has 29 heavy (non-hydrogen) atoms. The zero-order valence-electron chi connectivity index (χ0n) is 15.7. The van der Waals surface area contributed by atoms with E-state index < -0.39 is 12.0 Å². The summed E-state index contributed by atoms with van der Waals surface area (Å²) in [4.78, 5) is 24.5. The molecule has 1 aliphatic heterocycles.